The number of halogens is 4. The quantitative estimate of drug-likeness (QED) is 0.238. The van der Waals surface area contributed by atoms with Crippen LogP contribution in [0.3, 0.4) is 0 Å². The molecule has 3 rings (SSSR count). The van der Waals surface area contributed by atoms with Crippen LogP contribution in [-0.2, 0) is 9.53 Å². The zero-order valence-corrected chi connectivity index (χ0v) is 22.5. The molecule has 0 radical (unpaired) electrons. The lowest BCUT2D eigenvalue weighted by Gasteiger charge is -2.21. The second-order valence-electron chi connectivity index (χ2n) is 7.70. The second-order valence-corrected chi connectivity index (χ2v) is 15.6. The van der Waals surface area contributed by atoms with Gasteiger partial charge in [-0.2, -0.15) is 5.26 Å². The van der Waals surface area contributed by atoms with E-state index in [4.69, 9.17) is 9.47 Å². The second kappa shape index (κ2) is 9.32. The molecule has 0 bridgehead atoms. The van der Waals surface area contributed by atoms with Crippen molar-refractivity contribution < 1.29 is 14.3 Å². The molecule has 0 saturated heterocycles. The normalized spacial score (nSPS) is 21.8. The summed E-state index contributed by atoms with van der Waals surface area (Å²) in [4.78, 5) is 12.8. The van der Waals surface area contributed by atoms with Gasteiger partial charge in [0.05, 0.1) is 10.7 Å². The van der Waals surface area contributed by atoms with Gasteiger partial charge < -0.3 is 9.47 Å². The monoisotopic (exact) mass is 661 g/mol. The van der Waals surface area contributed by atoms with Crippen LogP contribution < -0.4 is 4.74 Å². The van der Waals surface area contributed by atoms with Gasteiger partial charge in [-0.05, 0) is 35.6 Å². The van der Waals surface area contributed by atoms with Gasteiger partial charge in [0.2, 0.25) is 6.10 Å². The highest BCUT2D eigenvalue weighted by molar-refractivity contribution is 9.40. The highest BCUT2D eigenvalue weighted by Gasteiger charge is 2.67. The molecule has 1 aliphatic carbocycles. The third-order valence-corrected chi connectivity index (χ3v) is 9.86. The third kappa shape index (κ3) is 5.29. The fourth-order valence-electron chi connectivity index (χ4n) is 3.60. The molecule has 4 atom stereocenters. The SMILES string of the molecule is CC1(C)[C@H](C(=O)O[C@H](C#N)c2cccc(Oc3ccccc3)c2)[C@H]1C(Br)C(Br)(Br)Br. The maximum atomic E-state index is 12.9. The van der Waals surface area contributed by atoms with E-state index in [1.165, 1.54) is 0 Å². The Morgan fingerprint density at radius 3 is 2.33 bits per heavy atom. The molecule has 0 aromatic heterocycles. The molecule has 8 heteroatoms. The standard InChI is InChI=1S/C22H19Br4NO3/c1-21(2)17(19(23)22(24,25)26)18(21)20(28)30-16(12-27)13-7-6-10-15(11-13)29-14-8-4-3-5-9-14/h3-11,16-19H,1-2H3/t16-,17+,18+,19?/m1/s1. The van der Waals surface area contributed by atoms with E-state index >= 15 is 0 Å². The van der Waals surface area contributed by atoms with E-state index in [1.807, 2.05) is 44.2 Å². The maximum absolute atomic E-state index is 12.9. The van der Waals surface area contributed by atoms with Gasteiger partial charge in [0.15, 0.2) is 0 Å². The molecule has 158 valence electrons. The zero-order chi connectivity index (χ0) is 22.1. The summed E-state index contributed by atoms with van der Waals surface area (Å²) in [5, 5.41) is 9.65. The Kier molecular flexibility index (Phi) is 7.38. The molecule has 30 heavy (non-hydrogen) atoms. The highest BCUT2D eigenvalue weighted by atomic mass is 80.0. The number of hydrogen-bond acceptors (Lipinski definition) is 4. The van der Waals surface area contributed by atoms with Gasteiger partial charge in [-0.1, -0.05) is 108 Å². The van der Waals surface area contributed by atoms with Crippen molar-refractivity contribution in [2.75, 3.05) is 0 Å². The van der Waals surface area contributed by atoms with Crippen LogP contribution in [0.1, 0.15) is 25.5 Å². The summed E-state index contributed by atoms with van der Waals surface area (Å²) in [6.45, 7) is 4.04. The van der Waals surface area contributed by atoms with Crippen LogP contribution in [0.5, 0.6) is 11.5 Å². The molecule has 0 amide bonds. The minimum Gasteiger partial charge on any atom is -0.457 e. The molecular formula is C22H19Br4NO3. The summed E-state index contributed by atoms with van der Waals surface area (Å²) in [6.07, 6.45) is -1.01. The first-order valence-corrected chi connectivity index (χ1v) is 12.5. The molecule has 1 saturated carbocycles. The number of carbonyl (C=O) groups is 1. The number of rotatable bonds is 6. The van der Waals surface area contributed by atoms with E-state index in [0.29, 0.717) is 17.1 Å². The van der Waals surface area contributed by atoms with Crippen LogP contribution in [0.4, 0.5) is 0 Å². The summed E-state index contributed by atoms with van der Waals surface area (Å²) >= 11 is 14.2. The molecule has 1 unspecified atom stereocenters. The van der Waals surface area contributed by atoms with E-state index in [0.717, 1.165) is 0 Å². The predicted octanol–water partition coefficient (Wildman–Crippen LogP) is 7.46. The highest BCUT2D eigenvalue weighted by Crippen LogP contribution is 2.66. The number of nitriles is 1. The lowest BCUT2D eigenvalue weighted by Crippen LogP contribution is -2.23. The van der Waals surface area contributed by atoms with Crippen LogP contribution in [-0.4, -0.2) is 12.9 Å². The number of alkyl halides is 4. The van der Waals surface area contributed by atoms with Crippen LogP contribution in [0.25, 0.3) is 0 Å². The number of para-hydroxylation sites is 1. The lowest BCUT2D eigenvalue weighted by molar-refractivity contribution is -0.149. The van der Waals surface area contributed by atoms with Crippen molar-refractivity contribution in [1.29, 1.82) is 5.26 Å². The Hall–Kier alpha value is -0.880. The fourth-order valence-corrected chi connectivity index (χ4v) is 5.44. The smallest absolute Gasteiger partial charge is 0.311 e. The van der Waals surface area contributed by atoms with Crippen molar-refractivity contribution >= 4 is 69.7 Å². The number of benzene rings is 2. The molecule has 1 aliphatic rings. The summed E-state index contributed by atoms with van der Waals surface area (Å²) in [6, 6.07) is 18.5. The molecule has 2 aromatic rings. The fraction of sp³-hybridized carbons (Fsp3) is 0.364. The topological polar surface area (TPSA) is 59.3 Å². The number of ether oxygens (including phenoxy) is 2. The molecule has 0 N–H and O–H groups in total. The molecule has 4 nitrogen and oxygen atoms in total. The van der Waals surface area contributed by atoms with E-state index < -0.39 is 8.25 Å². The average Bonchev–Trinajstić information content (AvgIpc) is 3.27. The summed E-state index contributed by atoms with van der Waals surface area (Å²) in [7, 11) is 0. The molecule has 0 spiro atoms. The van der Waals surface area contributed by atoms with Gasteiger partial charge in [-0.25, -0.2) is 0 Å². The van der Waals surface area contributed by atoms with Crippen LogP contribution in [0.2, 0.25) is 0 Å². The molecule has 1 fully saturated rings. The van der Waals surface area contributed by atoms with Gasteiger partial charge >= 0.3 is 5.97 Å². The van der Waals surface area contributed by atoms with Crippen LogP contribution >= 0.6 is 63.7 Å². The van der Waals surface area contributed by atoms with E-state index in [1.54, 1.807) is 24.3 Å². The molecule has 2 aromatic carbocycles. The maximum Gasteiger partial charge on any atom is 0.311 e. The van der Waals surface area contributed by atoms with Gasteiger partial charge in [0.1, 0.15) is 19.7 Å². The van der Waals surface area contributed by atoms with Gasteiger partial charge in [0, 0.05) is 5.56 Å². The summed E-state index contributed by atoms with van der Waals surface area (Å²) in [5.74, 6) is 0.576. The number of hydrogen-bond donors (Lipinski definition) is 0. The Morgan fingerprint density at radius 2 is 1.73 bits per heavy atom. The first-order chi connectivity index (χ1) is 14.1. The van der Waals surface area contributed by atoms with Crippen LogP contribution in [0, 0.1) is 28.6 Å². The van der Waals surface area contributed by atoms with Crippen molar-refractivity contribution in [2.45, 2.75) is 26.9 Å². The molecular weight excluding hydrogens is 646 g/mol. The predicted molar refractivity (Wildman–Crippen MR) is 130 cm³/mol. The number of nitrogens with zero attached hydrogens (tertiary/aromatic N) is 1. The summed E-state index contributed by atoms with van der Waals surface area (Å²) in [5.41, 5.74) is 0.310. The largest absolute Gasteiger partial charge is 0.457 e. The van der Waals surface area contributed by atoms with Crippen molar-refractivity contribution in [3.63, 3.8) is 0 Å². The zero-order valence-electron chi connectivity index (χ0n) is 16.2. The number of esters is 1. The third-order valence-electron chi connectivity index (χ3n) is 5.28. The van der Waals surface area contributed by atoms with Gasteiger partial charge in [-0.15, -0.1) is 0 Å². The first kappa shape index (κ1) is 23.8. The van der Waals surface area contributed by atoms with Crippen molar-refractivity contribution in [1.82, 2.24) is 0 Å². The minimum absolute atomic E-state index is 0.0233. The van der Waals surface area contributed by atoms with Crippen molar-refractivity contribution in [3.8, 4) is 17.6 Å². The number of carbonyl (C=O) groups excluding carboxylic acids is 1. The van der Waals surface area contributed by atoms with Crippen molar-refractivity contribution in [2.24, 2.45) is 17.3 Å². The van der Waals surface area contributed by atoms with E-state index in [9.17, 15) is 10.1 Å². The van der Waals surface area contributed by atoms with Crippen molar-refractivity contribution in [3.05, 3.63) is 60.2 Å². The summed E-state index contributed by atoms with van der Waals surface area (Å²) < 4.78 is 10.9. The van der Waals surface area contributed by atoms with E-state index in [2.05, 4.69) is 69.8 Å². The van der Waals surface area contributed by atoms with Gasteiger partial charge in [0.25, 0.3) is 0 Å². The Bertz CT molecular complexity index is 953. The lowest BCUT2D eigenvalue weighted by atomic mass is 10.1. The Morgan fingerprint density at radius 1 is 1.10 bits per heavy atom. The van der Waals surface area contributed by atoms with Crippen LogP contribution in [0.15, 0.2) is 54.6 Å². The average molecular weight is 665 g/mol. The Balaban J connectivity index is 1.72. The van der Waals surface area contributed by atoms with Gasteiger partial charge in [-0.3, -0.25) is 4.79 Å². The Labute approximate surface area is 209 Å². The first-order valence-electron chi connectivity index (χ1n) is 9.19. The van der Waals surface area contributed by atoms with E-state index in [-0.39, 0.29) is 28.0 Å². The molecule has 0 aliphatic heterocycles. The minimum atomic E-state index is -1.01. The molecule has 0 heterocycles.